The summed E-state index contributed by atoms with van der Waals surface area (Å²) in [6.45, 7) is 0.783. The first kappa shape index (κ1) is 13.0. The van der Waals surface area contributed by atoms with E-state index in [0.29, 0.717) is 0 Å². The number of para-hydroxylation sites is 1. The molecule has 0 aliphatic carbocycles. The Morgan fingerprint density at radius 1 is 1.28 bits per heavy atom. The first-order valence-corrected chi connectivity index (χ1v) is 6.38. The molecule has 0 bridgehead atoms. The zero-order valence-electron chi connectivity index (χ0n) is 10.8. The number of hydrogen-bond donors (Lipinski definition) is 1. The molecular weight excluding hydrogens is 224 g/mol. The summed E-state index contributed by atoms with van der Waals surface area (Å²) < 4.78 is 5.05. The molecule has 0 spiro atoms. The van der Waals surface area contributed by atoms with Gasteiger partial charge in [0.15, 0.2) is 0 Å². The van der Waals surface area contributed by atoms with Gasteiger partial charge in [-0.3, -0.25) is 4.98 Å². The van der Waals surface area contributed by atoms with Gasteiger partial charge in [0.2, 0.25) is 0 Å². The molecule has 1 atom stereocenters. The smallest absolute Gasteiger partial charge is 0.0704 e. The number of rotatable bonds is 6. The first-order valence-electron chi connectivity index (χ1n) is 6.38. The lowest BCUT2D eigenvalue weighted by Gasteiger charge is -2.12. The maximum Gasteiger partial charge on any atom is 0.0704 e. The molecule has 0 fully saturated rings. The average molecular weight is 244 g/mol. The lowest BCUT2D eigenvalue weighted by molar-refractivity contribution is 0.190. The van der Waals surface area contributed by atoms with Crippen molar-refractivity contribution in [2.24, 2.45) is 5.73 Å². The van der Waals surface area contributed by atoms with Crippen molar-refractivity contribution < 1.29 is 4.74 Å². The van der Waals surface area contributed by atoms with Gasteiger partial charge in [0.25, 0.3) is 0 Å². The number of benzene rings is 1. The van der Waals surface area contributed by atoms with E-state index in [1.165, 1.54) is 10.9 Å². The number of fused-ring (bicyclic) bond motifs is 1. The van der Waals surface area contributed by atoms with Crippen LogP contribution >= 0.6 is 0 Å². The van der Waals surface area contributed by atoms with Gasteiger partial charge < -0.3 is 10.5 Å². The summed E-state index contributed by atoms with van der Waals surface area (Å²) in [5.74, 6) is 0. The lowest BCUT2D eigenvalue weighted by Crippen LogP contribution is -2.23. The number of ether oxygens (including phenoxy) is 1. The summed E-state index contributed by atoms with van der Waals surface area (Å²) in [5.41, 5.74) is 8.49. The highest BCUT2D eigenvalue weighted by Gasteiger charge is 2.07. The summed E-state index contributed by atoms with van der Waals surface area (Å²) in [6.07, 6.45) is 4.76. The molecule has 3 nitrogen and oxygen atoms in total. The minimum Gasteiger partial charge on any atom is -0.385 e. The van der Waals surface area contributed by atoms with Crippen LogP contribution in [-0.4, -0.2) is 24.7 Å². The number of pyridine rings is 1. The number of hydrogen-bond acceptors (Lipinski definition) is 3. The van der Waals surface area contributed by atoms with Gasteiger partial charge >= 0.3 is 0 Å². The van der Waals surface area contributed by atoms with E-state index in [4.69, 9.17) is 10.5 Å². The molecule has 18 heavy (non-hydrogen) atoms. The van der Waals surface area contributed by atoms with Crippen LogP contribution in [0.4, 0.5) is 0 Å². The Kier molecular flexibility index (Phi) is 4.67. The Morgan fingerprint density at radius 2 is 2.11 bits per heavy atom. The van der Waals surface area contributed by atoms with E-state index in [1.807, 2.05) is 24.4 Å². The predicted octanol–water partition coefficient (Wildman–Crippen LogP) is 2.53. The maximum absolute atomic E-state index is 6.16. The molecule has 1 unspecified atom stereocenters. The predicted molar refractivity (Wildman–Crippen MR) is 74.5 cm³/mol. The van der Waals surface area contributed by atoms with E-state index in [0.717, 1.165) is 31.4 Å². The van der Waals surface area contributed by atoms with E-state index in [1.54, 1.807) is 7.11 Å². The third-order valence-electron chi connectivity index (χ3n) is 3.14. The monoisotopic (exact) mass is 244 g/mol. The fourth-order valence-corrected chi connectivity index (χ4v) is 2.21. The largest absolute Gasteiger partial charge is 0.385 e. The summed E-state index contributed by atoms with van der Waals surface area (Å²) in [4.78, 5) is 4.36. The Balaban J connectivity index is 2.07. The quantitative estimate of drug-likeness (QED) is 0.794. The van der Waals surface area contributed by atoms with Gasteiger partial charge in [0.05, 0.1) is 5.52 Å². The summed E-state index contributed by atoms with van der Waals surface area (Å²) in [7, 11) is 1.72. The highest BCUT2D eigenvalue weighted by Crippen LogP contribution is 2.18. The van der Waals surface area contributed by atoms with Gasteiger partial charge in [0, 0.05) is 31.3 Å². The molecule has 0 aliphatic rings. The third kappa shape index (κ3) is 3.28. The van der Waals surface area contributed by atoms with E-state index < -0.39 is 0 Å². The van der Waals surface area contributed by atoms with Crippen LogP contribution in [-0.2, 0) is 11.2 Å². The van der Waals surface area contributed by atoms with Crippen molar-refractivity contribution in [1.29, 1.82) is 0 Å². The van der Waals surface area contributed by atoms with Crippen LogP contribution in [0.5, 0.6) is 0 Å². The maximum atomic E-state index is 6.16. The third-order valence-corrected chi connectivity index (χ3v) is 3.14. The molecule has 0 saturated heterocycles. The number of methoxy groups -OCH3 is 1. The summed E-state index contributed by atoms with van der Waals surface area (Å²) in [6, 6.07) is 10.5. The standard InChI is InChI=1S/C15H20N2O/c1-18-10-4-5-13(16)11-12-8-9-17-15-7-3-2-6-14(12)15/h2-3,6-9,13H,4-5,10-11,16H2,1H3. The number of nitrogens with two attached hydrogens (primary N) is 1. The Labute approximate surface area is 108 Å². The molecule has 2 aromatic rings. The zero-order valence-corrected chi connectivity index (χ0v) is 10.8. The topological polar surface area (TPSA) is 48.1 Å². The van der Waals surface area contributed by atoms with Gasteiger partial charge in [0.1, 0.15) is 0 Å². The zero-order chi connectivity index (χ0) is 12.8. The normalized spacial score (nSPS) is 12.8. The second-order valence-electron chi connectivity index (χ2n) is 4.59. The van der Waals surface area contributed by atoms with E-state index in [2.05, 4.69) is 17.1 Å². The van der Waals surface area contributed by atoms with Crippen molar-refractivity contribution in [2.75, 3.05) is 13.7 Å². The van der Waals surface area contributed by atoms with Crippen molar-refractivity contribution in [3.8, 4) is 0 Å². The van der Waals surface area contributed by atoms with Crippen molar-refractivity contribution in [3.05, 3.63) is 42.1 Å². The summed E-state index contributed by atoms with van der Waals surface area (Å²) in [5, 5.41) is 1.21. The molecule has 0 saturated carbocycles. The fraction of sp³-hybridized carbons (Fsp3) is 0.400. The van der Waals surface area contributed by atoms with Crippen LogP contribution in [0.2, 0.25) is 0 Å². The highest BCUT2D eigenvalue weighted by molar-refractivity contribution is 5.81. The average Bonchev–Trinajstić information content (AvgIpc) is 2.39. The van der Waals surface area contributed by atoms with Crippen molar-refractivity contribution >= 4 is 10.9 Å². The van der Waals surface area contributed by atoms with Crippen molar-refractivity contribution in [2.45, 2.75) is 25.3 Å². The molecule has 1 heterocycles. The van der Waals surface area contributed by atoms with Gasteiger partial charge in [-0.1, -0.05) is 18.2 Å². The second kappa shape index (κ2) is 6.47. The van der Waals surface area contributed by atoms with Crippen molar-refractivity contribution in [3.63, 3.8) is 0 Å². The molecule has 96 valence electrons. The van der Waals surface area contributed by atoms with Crippen molar-refractivity contribution in [1.82, 2.24) is 4.98 Å². The van der Waals surface area contributed by atoms with E-state index in [9.17, 15) is 0 Å². The molecular formula is C15H20N2O. The van der Waals surface area contributed by atoms with Gasteiger partial charge in [-0.2, -0.15) is 0 Å². The minimum absolute atomic E-state index is 0.186. The van der Waals surface area contributed by atoms with Crippen LogP contribution in [0.1, 0.15) is 18.4 Å². The molecule has 3 heteroatoms. The molecule has 2 N–H and O–H groups in total. The Bertz CT molecular complexity index is 493. The van der Waals surface area contributed by atoms with Crippen LogP contribution in [0.3, 0.4) is 0 Å². The molecule has 0 amide bonds. The molecule has 2 rings (SSSR count). The van der Waals surface area contributed by atoms with Crippen LogP contribution in [0.15, 0.2) is 36.5 Å². The second-order valence-corrected chi connectivity index (χ2v) is 4.59. The van der Waals surface area contributed by atoms with E-state index in [-0.39, 0.29) is 6.04 Å². The van der Waals surface area contributed by atoms with Gasteiger partial charge in [-0.25, -0.2) is 0 Å². The minimum atomic E-state index is 0.186. The van der Waals surface area contributed by atoms with Gasteiger partial charge in [-0.15, -0.1) is 0 Å². The fourth-order valence-electron chi connectivity index (χ4n) is 2.21. The van der Waals surface area contributed by atoms with Crippen LogP contribution in [0.25, 0.3) is 10.9 Å². The summed E-state index contributed by atoms with van der Waals surface area (Å²) >= 11 is 0. The molecule has 1 aromatic carbocycles. The molecule has 0 radical (unpaired) electrons. The number of aromatic nitrogens is 1. The first-order chi connectivity index (χ1) is 8.81. The lowest BCUT2D eigenvalue weighted by atomic mass is 10.00. The van der Waals surface area contributed by atoms with Gasteiger partial charge in [-0.05, 0) is 37.0 Å². The van der Waals surface area contributed by atoms with E-state index >= 15 is 0 Å². The Morgan fingerprint density at radius 3 is 2.94 bits per heavy atom. The Hall–Kier alpha value is -1.45. The SMILES string of the molecule is COCCCC(N)Cc1ccnc2ccccc12. The number of nitrogens with zero attached hydrogens (tertiary/aromatic N) is 1. The van der Waals surface area contributed by atoms with Crippen LogP contribution in [0, 0.1) is 0 Å². The molecule has 0 aliphatic heterocycles. The van der Waals surface area contributed by atoms with Crippen LogP contribution < -0.4 is 5.73 Å². The molecule has 1 aromatic heterocycles. The highest BCUT2D eigenvalue weighted by atomic mass is 16.5.